The van der Waals surface area contributed by atoms with Crippen molar-refractivity contribution in [1.29, 1.82) is 0 Å². The lowest BCUT2D eigenvalue weighted by atomic mass is 10.2. The standard InChI is InChI=1S/C15H19NO4S/c1-9(2)21-13-8-14(17)16(15(13)18)10-5-11(19-3)7-12(6-10)20-4/h5-7,9,13H,8H2,1-4H3. The molecule has 1 atom stereocenters. The molecule has 21 heavy (non-hydrogen) atoms. The summed E-state index contributed by atoms with van der Waals surface area (Å²) in [6, 6.07) is 5.04. The molecule has 6 heteroatoms. The first-order chi connectivity index (χ1) is 9.96. The first kappa shape index (κ1) is 15.7. The van der Waals surface area contributed by atoms with Crippen LogP contribution < -0.4 is 14.4 Å². The lowest BCUT2D eigenvalue weighted by Gasteiger charge is -2.17. The Morgan fingerprint density at radius 3 is 2.19 bits per heavy atom. The highest BCUT2D eigenvalue weighted by molar-refractivity contribution is 8.01. The summed E-state index contributed by atoms with van der Waals surface area (Å²) in [5.74, 6) is 0.734. The number of anilines is 1. The van der Waals surface area contributed by atoms with Gasteiger partial charge in [0.25, 0.3) is 0 Å². The number of carbonyl (C=O) groups excluding carboxylic acids is 2. The minimum absolute atomic E-state index is 0.172. The van der Waals surface area contributed by atoms with E-state index in [1.807, 2.05) is 13.8 Å². The van der Waals surface area contributed by atoms with Crippen molar-refractivity contribution in [3.8, 4) is 11.5 Å². The van der Waals surface area contributed by atoms with E-state index in [0.29, 0.717) is 22.4 Å². The normalized spacial score (nSPS) is 18.5. The van der Waals surface area contributed by atoms with Crippen LogP contribution in [0.4, 0.5) is 5.69 Å². The van der Waals surface area contributed by atoms with Crippen LogP contribution in [0.5, 0.6) is 11.5 Å². The maximum absolute atomic E-state index is 12.5. The first-order valence-electron chi connectivity index (χ1n) is 6.71. The molecular formula is C15H19NO4S. The molecule has 1 heterocycles. The third kappa shape index (κ3) is 3.32. The molecule has 1 unspecified atom stereocenters. The third-order valence-electron chi connectivity index (χ3n) is 3.14. The maximum Gasteiger partial charge on any atom is 0.247 e. The average Bonchev–Trinajstić information content (AvgIpc) is 2.72. The highest BCUT2D eigenvalue weighted by Gasteiger charge is 2.40. The van der Waals surface area contributed by atoms with E-state index in [0.717, 1.165) is 0 Å². The van der Waals surface area contributed by atoms with Gasteiger partial charge in [0.05, 0.1) is 25.2 Å². The Kier molecular flexibility index (Phi) is 4.77. The van der Waals surface area contributed by atoms with Gasteiger partial charge in [0.2, 0.25) is 11.8 Å². The van der Waals surface area contributed by atoms with Crippen LogP contribution in [0.15, 0.2) is 18.2 Å². The SMILES string of the molecule is COc1cc(OC)cc(N2C(=O)CC(SC(C)C)C2=O)c1. The number of imide groups is 1. The molecule has 114 valence electrons. The van der Waals surface area contributed by atoms with Crippen molar-refractivity contribution in [2.45, 2.75) is 30.8 Å². The summed E-state index contributed by atoms with van der Waals surface area (Å²) in [5, 5.41) is -0.0127. The van der Waals surface area contributed by atoms with Crippen LogP contribution in [-0.4, -0.2) is 36.5 Å². The number of methoxy groups -OCH3 is 2. The average molecular weight is 309 g/mol. The van der Waals surface area contributed by atoms with Gasteiger partial charge < -0.3 is 9.47 Å². The summed E-state index contributed by atoms with van der Waals surface area (Å²) in [4.78, 5) is 25.9. The van der Waals surface area contributed by atoms with Gasteiger partial charge in [-0.2, -0.15) is 0 Å². The van der Waals surface area contributed by atoms with Gasteiger partial charge in [0, 0.05) is 24.6 Å². The molecule has 1 aromatic carbocycles. The molecule has 0 aromatic heterocycles. The summed E-state index contributed by atoms with van der Waals surface area (Å²) in [5.41, 5.74) is 0.494. The number of carbonyl (C=O) groups is 2. The van der Waals surface area contributed by atoms with Crippen molar-refractivity contribution >= 4 is 29.3 Å². The molecular weight excluding hydrogens is 290 g/mol. The number of amides is 2. The van der Waals surface area contributed by atoms with E-state index in [1.165, 1.54) is 30.9 Å². The summed E-state index contributed by atoms with van der Waals surface area (Å²) in [6.07, 6.45) is 0.237. The molecule has 1 saturated heterocycles. The number of nitrogens with zero attached hydrogens (tertiary/aromatic N) is 1. The summed E-state index contributed by atoms with van der Waals surface area (Å²) < 4.78 is 10.4. The van der Waals surface area contributed by atoms with Crippen LogP contribution in [0.1, 0.15) is 20.3 Å². The van der Waals surface area contributed by atoms with Gasteiger partial charge >= 0.3 is 0 Å². The Labute approximate surface area is 128 Å². The van der Waals surface area contributed by atoms with E-state index in [9.17, 15) is 9.59 Å². The zero-order valence-corrected chi connectivity index (χ0v) is 13.4. The lowest BCUT2D eigenvalue weighted by molar-refractivity contribution is -0.121. The Morgan fingerprint density at radius 2 is 1.71 bits per heavy atom. The lowest BCUT2D eigenvalue weighted by Crippen LogP contribution is -2.31. The van der Waals surface area contributed by atoms with E-state index in [2.05, 4.69) is 0 Å². The summed E-state index contributed by atoms with van der Waals surface area (Å²) in [7, 11) is 3.06. The Bertz CT molecular complexity index is 536. The fourth-order valence-corrected chi connectivity index (χ4v) is 3.35. The zero-order chi connectivity index (χ0) is 15.6. The highest BCUT2D eigenvalue weighted by Crippen LogP contribution is 2.35. The van der Waals surface area contributed by atoms with E-state index in [4.69, 9.17) is 9.47 Å². The smallest absolute Gasteiger partial charge is 0.247 e. The number of hydrogen-bond acceptors (Lipinski definition) is 5. The fourth-order valence-electron chi connectivity index (χ4n) is 2.23. The van der Waals surface area contributed by atoms with Gasteiger partial charge in [-0.25, -0.2) is 4.90 Å². The van der Waals surface area contributed by atoms with Gasteiger partial charge in [-0.15, -0.1) is 11.8 Å². The van der Waals surface area contributed by atoms with Crippen molar-refractivity contribution in [1.82, 2.24) is 0 Å². The Balaban J connectivity index is 2.33. The van der Waals surface area contributed by atoms with E-state index >= 15 is 0 Å². The molecule has 1 aliphatic heterocycles. The van der Waals surface area contributed by atoms with Gasteiger partial charge in [-0.05, 0) is 5.25 Å². The second-order valence-electron chi connectivity index (χ2n) is 5.02. The second-order valence-corrected chi connectivity index (χ2v) is 6.80. The number of benzene rings is 1. The molecule has 0 radical (unpaired) electrons. The fraction of sp³-hybridized carbons (Fsp3) is 0.467. The Hall–Kier alpha value is -1.69. The van der Waals surface area contributed by atoms with E-state index < -0.39 is 0 Å². The zero-order valence-electron chi connectivity index (χ0n) is 12.6. The minimum atomic E-state index is -0.310. The molecule has 1 fully saturated rings. The van der Waals surface area contributed by atoms with Crippen molar-refractivity contribution < 1.29 is 19.1 Å². The van der Waals surface area contributed by atoms with Crippen LogP contribution in [0.3, 0.4) is 0 Å². The van der Waals surface area contributed by atoms with Crippen LogP contribution in [0.2, 0.25) is 0 Å². The van der Waals surface area contributed by atoms with Crippen molar-refractivity contribution in [3.63, 3.8) is 0 Å². The van der Waals surface area contributed by atoms with E-state index in [-0.39, 0.29) is 23.5 Å². The monoisotopic (exact) mass is 309 g/mol. The van der Waals surface area contributed by atoms with E-state index in [1.54, 1.807) is 18.2 Å². The van der Waals surface area contributed by atoms with Gasteiger partial charge in [-0.3, -0.25) is 9.59 Å². The van der Waals surface area contributed by atoms with Crippen LogP contribution in [0, 0.1) is 0 Å². The molecule has 0 saturated carbocycles. The van der Waals surface area contributed by atoms with Crippen LogP contribution in [-0.2, 0) is 9.59 Å². The van der Waals surface area contributed by atoms with Gasteiger partial charge in [-0.1, -0.05) is 13.8 Å². The molecule has 5 nitrogen and oxygen atoms in total. The van der Waals surface area contributed by atoms with Crippen molar-refractivity contribution in [2.75, 3.05) is 19.1 Å². The molecule has 0 aliphatic carbocycles. The van der Waals surface area contributed by atoms with Crippen LogP contribution in [0.25, 0.3) is 0 Å². The van der Waals surface area contributed by atoms with Crippen LogP contribution >= 0.6 is 11.8 Å². The molecule has 0 spiro atoms. The molecule has 0 N–H and O–H groups in total. The maximum atomic E-state index is 12.5. The largest absolute Gasteiger partial charge is 0.497 e. The predicted octanol–water partition coefficient (Wildman–Crippen LogP) is 2.48. The topological polar surface area (TPSA) is 55.8 Å². The molecule has 2 amide bonds. The van der Waals surface area contributed by atoms with Gasteiger partial charge in [0.1, 0.15) is 11.5 Å². The van der Waals surface area contributed by atoms with Crippen molar-refractivity contribution in [2.24, 2.45) is 0 Å². The molecule has 2 rings (SSSR count). The third-order valence-corrected chi connectivity index (χ3v) is 4.38. The van der Waals surface area contributed by atoms with Crippen molar-refractivity contribution in [3.05, 3.63) is 18.2 Å². The number of hydrogen-bond donors (Lipinski definition) is 0. The summed E-state index contributed by atoms with van der Waals surface area (Å²) in [6.45, 7) is 4.03. The summed E-state index contributed by atoms with van der Waals surface area (Å²) >= 11 is 1.52. The minimum Gasteiger partial charge on any atom is -0.497 e. The molecule has 1 aromatic rings. The quantitative estimate of drug-likeness (QED) is 0.782. The second kappa shape index (κ2) is 6.39. The number of thioether (sulfide) groups is 1. The van der Waals surface area contributed by atoms with Gasteiger partial charge in [0.15, 0.2) is 0 Å². The number of ether oxygens (including phenoxy) is 2. The highest BCUT2D eigenvalue weighted by atomic mass is 32.2. The predicted molar refractivity (Wildman–Crippen MR) is 83.2 cm³/mol. The molecule has 1 aliphatic rings. The number of rotatable bonds is 5. The Morgan fingerprint density at radius 1 is 1.14 bits per heavy atom. The molecule has 0 bridgehead atoms. The first-order valence-corrected chi connectivity index (χ1v) is 7.66.